The Bertz CT molecular complexity index is 213. The lowest BCUT2D eigenvalue weighted by Gasteiger charge is -2.09. The van der Waals surface area contributed by atoms with Crippen LogP contribution in [0.4, 0.5) is 0 Å². The first-order chi connectivity index (χ1) is 9.72. The second-order valence-corrected chi connectivity index (χ2v) is 6.06. The normalized spacial score (nSPS) is 12.6. The number of aliphatic hydroxyl groups excluding tert-OH is 1. The van der Waals surface area contributed by atoms with Gasteiger partial charge in [-0.15, -0.1) is 0 Å². The summed E-state index contributed by atoms with van der Waals surface area (Å²) in [6, 6.07) is 0. The minimum absolute atomic E-state index is 0.0593. The fourth-order valence-corrected chi connectivity index (χ4v) is 2.53. The summed E-state index contributed by atoms with van der Waals surface area (Å²) in [6.07, 6.45) is 15.0. The van der Waals surface area contributed by atoms with E-state index in [9.17, 15) is 9.90 Å². The molecule has 0 aliphatic heterocycles. The van der Waals surface area contributed by atoms with Crippen LogP contribution in [0.15, 0.2) is 0 Å². The van der Waals surface area contributed by atoms with Gasteiger partial charge in [0, 0.05) is 6.42 Å². The van der Waals surface area contributed by atoms with Crippen molar-refractivity contribution in [2.24, 2.45) is 0 Å². The molecule has 120 valence electrons. The number of Topliss-reactive ketones (excluding diaryl/α,β-unsaturated/α-hetero) is 1. The highest BCUT2D eigenvalue weighted by Gasteiger charge is 2.13. The van der Waals surface area contributed by atoms with Crippen LogP contribution in [0.25, 0.3) is 0 Å². The van der Waals surface area contributed by atoms with Gasteiger partial charge < -0.3 is 5.11 Å². The maximum absolute atomic E-state index is 11.7. The molecule has 1 N–H and O–H groups in total. The molecule has 0 radical (unpaired) electrons. The Morgan fingerprint density at radius 3 is 1.75 bits per heavy atom. The van der Waals surface area contributed by atoms with Gasteiger partial charge >= 0.3 is 0 Å². The van der Waals surface area contributed by atoms with Crippen molar-refractivity contribution >= 4 is 5.78 Å². The van der Waals surface area contributed by atoms with Gasteiger partial charge in [0.1, 0.15) is 6.10 Å². The fraction of sp³-hybridized carbons (Fsp3) is 0.944. The molecule has 0 fully saturated rings. The van der Waals surface area contributed by atoms with Gasteiger partial charge in [0.15, 0.2) is 5.78 Å². The molecule has 0 saturated heterocycles. The van der Waals surface area contributed by atoms with Crippen LogP contribution in [0, 0.1) is 0 Å². The molecule has 2 nitrogen and oxygen atoms in total. The van der Waals surface area contributed by atoms with Crippen LogP contribution < -0.4 is 0 Å². The average molecular weight is 284 g/mol. The number of ketones is 1. The van der Waals surface area contributed by atoms with Crippen molar-refractivity contribution in [2.45, 2.75) is 110 Å². The van der Waals surface area contributed by atoms with Crippen LogP contribution in [0.3, 0.4) is 0 Å². The first-order valence-corrected chi connectivity index (χ1v) is 8.93. The molecule has 20 heavy (non-hydrogen) atoms. The zero-order chi connectivity index (χ0) is 15.1. The minimum atomic E-state index is -0.697. The van der Waals surface area contributed by atoms with Crippen molar-refractivity contribution in [3.05, 3.63) is 0 Å². The summed E-state index contributed by atoms with van der Waals surface area (Å²) in [5, 5.41) is 9.80. The lowest BCUT2D eigenvalue weighted by atomic mass is 10.0. The van der Waals surface area contributed by atoms with E-state index in [-0.39, 0.29) is 5.78 Å². The summed E-state index contributed by atoms with van der Waals surface area (Å²) >= 11 is 0. The number of carbonyl (C=O) groups is 1. The Balaban J connectivity index is 3.34. The van der Waals surface area contributed by atoms with Crippen molar-refractivity contribution in [3.63, 3.8) is 0 Å². The molecule has 0 aliphatic rings. The monoisotopic (exact) mass is 284 g/mol. The minimum Gasteiger partial charge on any atom is -0.385 e. The Morgan fingerprint density at radius 1 is 0.750 bits per heavy atom. The molecule has 1 atom stereocenters. The molecule has 0 heterocycles. The molecule has 0 bridgehead atoms. The van der Waals surface area contributed by atoms with Crippen LogP contribution in [0.2, 0.25) is 0 Å². The summed E-state index contributed by atoms with van der Waals surface area (Å²) < 4.78 is 0. The van der Waals surface area contributed by atoms with Gasteiger partial charge in [-0.25, -0.2) is 0 Å². The predicted molar refractivity (Wildman–Crippen MR) is 87.0 cm³/mol. The van der Waals surface area contributed by atoms with Gasteiger partial charge in [0.25, 0.3) is 0 Å². The Labute approximate surface area is 126 Å². The molecule has 0 aromatic carbocycles. The second-order valence-electron chi connectivity index (χ2n) is 6.06. The highest BCUT2D eigenvalue weighted by atomic mass is 16.3. The van der Waals surface area contributed by atoms with E-state index >= 15 is 0 Å². The van der Waals surface area contributed by atoms with E-state index in [0.29, 0.717) is 12.8 Å². The second kappa shape index (κ2) is 15.0. The Hall–Kier alpha value is -0.370. The quantitative estimate of drug-likeness (QED) is 0.408. The third kappa shape index (κ3) is 12.7. The van der Waals surface area contributed by atoms with Crippen LogP contribution >= 0.6 is 0 Å². The van der Waals surface area contributed by atoms with Gasteiger partial charge in [-0.05, 0) is 12.8 Å². The van der Waals surface area contributed by atoms with Gasteiger partial charge in [0.05, 0.1) is 0 Å². The summed E-state index contributed by atoms with van der Waals surface area (Å²) in [6.45, 7) is 4.40. The van der Waals surface area contributed by atoms with Gasteiger partial charge in [0.2, 0.25) is 0 Å². The van der Waals surface area contributed by atoms with E-state index in [2.05, 4.69) is 13.8 Å². The number of hydrogen-bond donors (Lipinski definition) is 1. The Kier molecular flexibility index (Phi) is 14.7. The molecule has 0 aromatic heterocycles. The third-order valence-corrected chi connectivity index (χ3v) is 3.98. The summed E-state index contributed by atoms with van der Waals surface area (Å²) in [5.74, 6) is 0.0593. The fourth-order valence-electron chi connectivity index (χ4n) is 2.53. The van der Waals surface area contributed by atoms with E-state index in [1.54, 1.807) is 0 Å². The van der Waals surface area contributed by atoms with Gasteiger partial charge in [-0.1, -0.05) is 84.5 Å². The number of carbonyl (C=O) groups excluding carboxylic acids is 1. The summed E-state index contributed by atoms with van der Waals surface area (Å²) in [5.41, 5.74) is 0. The van der Waals surface area contributed by atoms with Crippen molar-refractivity contribution < 1.29 is 9.90 Å². The van der Waals surface area contributed by atoms with Crippen molar-refractivity contribution in [1.29, 1.82) is 0 Å². The first kappa shape index (κ1) is 19.6. The topological polar surface area (TPSA) is 37.3 Å². The molecule has 0 rings (SSSR count). The van der Waals surface area contributed by atoms with E-state index < -0.39 is 6.10 Å². The number of aliphatic hydroxyl groups is 1. The zero-order valence-corrected chi connectivity index (χ0v) is 13.8. The van der Waals surface area contributed by atoms with Crippen LogP contribution in [0.1, 0.15) is 104 Å². The summed E-state index contributed by atoms with van der Waals surface area (Å²) in [4.78, 5) is 11.7. The smallest absolute Gasteiger partial charge is 0.161 e. The zero-order valence-electron chi connectivity index (χ0n) is 13.8. The molecular formula is C18H36O2. The van der Waals surface area contributed by atoms with Crippen molar-refractivity contribution in [2.75, 3.05) is 0 Å². The molecule has 1 unspecified atom stereocenters. The SMILES string of the molecule is CCCCCCCCCCC(O)C(=O)CCCCCC. The maximum Gasteiger partial charge on any atom is 0.161 e. The predicted octanol–water partition coefficient (Wildman–Crippen LogP) is 5.42. The lowest BCUT2D eigenvalue weighted by Crippen LogP contribution is -2.19. The van der Waals surface area contributed by atoms with E-state index in [1.165, 1.54) is 51.4 Å². The lowest BCUT2D eigenvalue weighted by molar-refractivity contribution is -0.127. The molecular weight excluding hydrogens is 248 g/mol. The van der Waals surface area contributed by atoms with Crippen LogP contribution in [-0.2, 0) is 4.79 Å². The van der Waals surface area contributed by atoms with Crippen LogP contribution in [0.5, 0.6) is 0 Å². The Morgan fingerprint density at radius 2 is 1.20 bits per heavy atom. The van der Waals surface area contributed by atoms with E-state index in [1.807, 2.05) is 0 Å². The van der Waals surface area contributed by atoms with Crippen molar-refractivity contribution in [1.82, 2.24) is 0 Å². The van der Waals surface area contributed by atoms with E-state index in [4.69, 9.17) is 0 Å². The maximum atomic E-state index is 11.7. The average Bonchev–Trinajstić information content (AvgIpc) is 2.46. The molecule has 0 aromatic rings. The number of unbranched alkanes of at least 4 members (excludes halogenated alkanes) is 10. The molecule has 2 heteroatoms. The molecule has 0 saturated carbocycles. The molecule has 0 amide bonds. The number of rotatable bonds is 15. The largest absolute Gasteiger partial charge is 0.385 e. The summed E-state index contributed by atoms with van der Waals surface area (Å²) in [7, 11) is 0. The van der Waals surface area contributed by atoms with Gasteiger partial charge in [-0.2, -0.15) is 0 Å². The van der Waals surface area contributed by atoms with Crippen molar-refractivity contribution in [3.8, 4) is 0 Å². The third-order valence-electron chi connectivity index (χ3n) is 3.98. The number of hydrogen-bond acceptors (Lipinski definition) is 2. The standard InChI is InChI=1S/C18H36O2/c1-3-5-7-9-10-11-12-14-16-18(20)17(19)15-13-8-6-4-2/h18,20H,3-16H2,1-2H3. The highest BCUT2D eigenvalue weighted by molar-refractivity contribution is 5.82. The molecule has 0 aliphatic carbocycles. The van der Waals surface area contributed by atoms with E-state index in [0.717, 1.165) is 25.7 Å². The van der Waals surface area contributed by atoms with Gasteiger partial charge in [-0.3, -0.25) is 4.79 Å². The molecule has 0 spiro atoms. The van der Waals surface area contributed by atoms with Crippen LogP contribution in [-0.4, -0.2) is 17.0 Å². The highest BCUT2D eigenvalue weighted by Crippen LogP contribution is 2.12. The first-order valence-electron chi connectivity index (χ1n) is 8.93.